The van der Waals surface area contributed by atoms with Gasteiger partial charge in [-0.25, -0.2) is 0 Å². The number of benzene rings is 1. The molecule has 0 aliphatic heterocycles. The van der Waals surface area contributed by atoms with Crippen LogP contribution in [0.2, 0.25) is 0 Å². The highest BCUT2D eigenvalue weighted by atomic mass is 16.6. The van der Waals surface area contributed by atoms with Crippen LogP contribution in [0.5, 0.6) is 0 Å². The van der Waals surface area contributed by atoms with E-state index in [1.54, 1.807) is 12.1 Å². The first-order chi connectivity index (χ1) is 8.63. The molecule has 1 fully saturated rings. The smallest absolute Gasteiger partial charge is 0.315 e. The number of rotatable bonds is 6. The van der Waals surface area contributed by atoms with Gasteiger partial charge < -0.3 is 10.6 Å². The topological polar surface area (TPSA) is 67.2 Å². The fourth-order valence-corrected chi connectivity index (χ4v) is 1.98. The van der Waals surface area contributed by atoms with Crippen molar-refractivity contribution in [2.45, 2.75) is 32.7 Å². The molecule has 0 amide bonds. The van der Waals surface area contributed by atoms with Gasteiger partial charge in [-0.05, 0) is 30.9 Å². The number of anilines is 2. The van der Waals surface area contributed by atoms with Crippen molar-refractivity contribution in [3.8, 4) is 0 Å². The van der Waals surface area contributed by atoms with Gasteiger partial charge in [0.1, 0.15) is 11.4 Å². The minimum Gasteiger partial charge on any atom is -0.379 e. The number of nitrogens with one attached hydrogen (secondary N) is 2. The van der Waals surface area contributed by atoms with Crippen molar-refractivity contribution in [2.24, 2.45) is 5.92 Å². The molecule has 0 radical (unpaired) electrons. The molecular weight excluding hydrogens is 230 g/mol. The van der Waals surface area contributed by atoms with E-state index in [2.05, 4.69) is 17.6 Å². The number of para-hydroxylation sites is 1. The minimum absolute atomic E-state index is 0.157. The van der Waals surface area contributed by atoms with Crippen molar-refractivity contribution >= 4 is 17.1 Å². The van der Waals surface area contributed by atoms with Crippen molar-refractivity contribution in [2.75, 3.05) is 17.2 Å². The van der Waals surface area contributed by atoms with E-state index in [0.29, 0.717) is 23.3 Å². The Morgan fingerprint density at radius 3 is 2.67 bits per heavy atom. The number of nitro benzene ring substituents is 1. The van der Waals surface area contributed by atoms with E-state index in [4.69, 9.17) is 0 Å². The van der Waals surface area contributed by atoms with E-state index in [0.717, 1.165) is 19.4 Å². The summed E-state index contributed by atoms with van der Waals surface area (Å²) in [4.78, 5) is 10.9. The highest BCUT2D eigenvalue weighted by Crippen LogP contribution is 2.38. The summed E-state index contributed by atoms with van der Waals surface area (Å²) >= 11 is 0. The van der Waals surface area contributed by atoms with Crippen LogP contribution in [-0.2, 0) is 0 Å². The Kier molecular flexibility index (Phi) is 3.69. The molecule has 1 saturated carbocycles. The van der Waals surface area contributed by atoms with E-state index >= 15 is 0 Å². The lowest BCUT2D eigenvalue weighted by Crippen LogP contribution is -2.09. The predicted molar refractivity (Wildman–Crippen MR) is 73.1 cm³/mol. The van der Waals surface area contributed by atoms with Crippen molar-refractivity contribution < 1.29 is 4.92 Å². The first-order valence-electron chi connectivity index (χ1n) is 6.41. The third-order valence-corrected chi connectivity index (χ3v) is 3.23. The first-order valence-corrected chi connectivity index (χ1v) is 6.41. The zero-order valence-corrected chi connectivity index (χ0v) is 10.8. The van der Waals surface area contributed by atoms with Crippen molar-refractivity contribution in [3.05, 3.63) is 28.3 Å². The van der Waals surface area contributed by atoms with Gasteiger partial charge in [-0.3, -0.25) is 10.1 Å². The largest absolute Gasteiger partial charge is 0.379 e. The molecule has 18 heavy (non-hydrogen) atoms. The predicted octanol–water partition coefficient (Wildman–Crippen LogP) is 3.24. The van der Waals surface area contributed by atoms with Crippen LogP contribution in [0.1, 0.15) is 26.7 Å². The van der Waals surface area contributed by atoms with Crippen LogP contribution in [0, 0.1) is 16.0 Å². The van der Waals surface area contributed by atoms with Crippen LogP contribution in [0.4, 0.5) is 17.1 Å². The number of hydrogen-bond acceptors (Lipinski definition) is 4. The highest BCUT2D eigenvalue weighted by Gasteiger charge is 2.34. The molecule has 0 heterocycles. The molecule has 1 aromatic rings. The summed E-state index contributed by atoms with van der Waals surface area (Å²) in [6.45, 7) is 4.92. The normalized spacial score (nSPS) is 21.4. The maximum absolute atomic E-state index is 11.2. The number of nitrogens with zero attached hydrogens (tertiary/aromatic N) is 1. The van der Waals surface area contributed by atoms with Gasteiger partial charge >= 0.3 is 5.69 Å². The summed E-state index contributed by atoms with van der Waals surface area (Å²) in [5, 5.41) is 17.6. The summed E-state index contributed by atoms with van der Waals surface area (Å²) in [7, 11) is 0. The standard InChI is InChI=1S/C13H19N3O2/c1-3-7-14-10-5-4-6-11(13(10)16(17)18)15-12-8-9(12)2/h4-6,9,12,14-15H,3,7-8H2,1-2H3. The van der Waals surface area contributed by atoms with E-state index in [9.17, 15) is 10.1 Å². The fourth-order valence-electron chi connectivity index (χ4n) is 1.98. The quantitative estimate of drug-likeness (QED) is 0.600. The molecule has 0 bridgehead atoms. The SMILES string of the molecule is CCCNc1cccc(NC2CC2C)c1[N+](=O)[O-]. The molecule has 5 nitrogen and oxygen atoms in total. The Bertz CT molecular complexity index is 448. The molecule has 1 aliphatic carbocycles. The molecule has 2 unspecified atom stereocenters. The zero-order valence-electron chi connectivity index (χ0n) is 10.8. The van der Waals surface area contributed by atoms with Gasteiger partial charge in [0, 0.05) is 12.6 Å². The zero-order chi connectivity index (χ0) is 13.1. The van der Waals surface area contributed by atoms with Crippen LogP contribution in [0.15, 0.2) is 18.2 Å². The second kappa shape index (κ2) is 5.25. The van der Waals surface area contributed by atoms with Crippen LogP contribution in [0.3, 0.4) is 0 Å². The Labute approximate surface area is 107 Å². The van der Waals surface area contributed by atoms with Gasteiger partial charge in [-0.2, -0.15) is 0 Å². The van der Waals surface area contributed by atoms with Crippen LogP contribution < -0.4 is 10.6 Å². The van der Waals surface area contributed by atoms with Gasteiger partial charge in [-0.15, -0.1) is 0 Å². The van der Waals surface area contributed by atoms with Crippen molar-refractivity contribution in [1.82, 2.24) is 0 Å². The third kappa shape index (κ3) is 2.72. The van der Waals surface area contributed by atoms with Crippen LogP contribution >= 0.6 is 0 Å². The number of hydrogen-bond donors (Lipinski definition) is 2. The Morgan fingerprint density at radius 2 is 2.11 bits per heavy atom. The minimum atomic E-state index is -0.312. The molecule has 2 rings (SSSR count). The Balaban J connectivity index is 2.23. The van der Waals surface area contributed by atoms with Crippen LogP contribution in [0.25, 0.3) is 0 Å². The summed E-state index contributed by atoms with van der Waals surface area (Å²) in [6.07, 6.45) is 2.03. The van der Waals surface area contributed by atoms with Gasteiger partial charge in [-0.1, -0.05) is 19.9 Å². The fraction of sp³-hybridized carbons (Fsp3) is 0.538. The van der Waals surface area contributed by atoms with Gasteiger partial charge in [0.25, 0.3) is 0 Å². The van der Waals surface area contributed by atoms with E-state index in [-0.39, 0.29) is 10.6 Å². The average Bonchev–Trinajstić information content (AvgIpc) is 3.02. The summed E-state index contributed by atoms with van der Waals surface area (Å²) in [5.41, 5.74) is 1.38. The second-order valence-corrected chi connectivity index (χ2v) is 4.85. The van der Waals surface area contributed by atoms with E-state index in [1.165, 1.54) is 0 Å². The lowest BCUT2D eigenvalue weighted by molar-refractivity contribution is -0.383. The lowest BCUT2D eigenvalue weighted by atomic mass is 10.2. The Hall–Kier alpha value is -1.78. The van der Waals surface area contributed by atoms with E-state index in [1.807, 2.05) is 13.0 Å². The molecule has 0 saturated heterocycles. The molecule has 5 heteroatoms. The van der Waals surface area contributed by atoms with Gasteiger partial charge in [0.05, 0.1) is 4.92 Å². The Morgan fingerprint density at radius 1 is 1.44 bits per heavy atom. The third-order valence-electron chi connectivity index (χ3n) is 3.23. The monoisotopic (exact) mass is 249 g/mol. The molecule has 1 aromatic carbocycles. The lowest BCUT2D eigenvalue weighted by Gasteiger charge is -2.11. The molecule has 2 N–H and O–H groups in total. The molecule has 1 aliphatic rings. The molecule has 98 valence electrons. The van der Waals surface area contributed by atoms with Gasteiger partial charge in [0.2, 0.25) is 0 Å². The first kappa shape index (κ1) is 12.7. The van der Waals surface area contributed by atoms with Crippen molar-refractivity contribution in [3.63, 3.8) is 0 Å². The molecule has 2 atom stereocenters. The molecule has 0 aromatic heterocycles. The summed E-state index contributed by atoms with van der Waals surface area (Å²) in [5.74, 6) is 0.608. The number of nitro groups is 1. The maximum atomic E-state index is 11.2. The second-order valence-electron chi connectivity index (χ2n) is 4.85. The van der Waals surface area contributed by atoms with Gasteiger partial charge in [0.15, 0.2) is 0 Å². The summed E-state index contributed by atoms with van der Waals surface area (Å²) in [6, 6.07) is 5.76. The highest BCUT2D eigenvalue weighted by molar-refractivity contribution is 5.76. The molecule has 0 spiro atoms. The average molecular weight is 249 g/mol. The maximum Gasteiger partial charge on any atom is 0.315 e. The summed E-state index contributed by atoms with van der Waals surface area (Å²) < 4.78 is 0. The van der Waals surface area contributed by atoms with E-state index < -0.39 is 0 Å². The van der Waals surface area contributed by atoms with Crippen molar-refractivity contribution in [1.29, 1.82) is 0 Å². The van der Waals surface area contributed by atoms with Crippen LogP contribution in [-0.4, -0.2) is 17.5 Å². The molecular formula is C13H19N3O2.